The van der Waals surface area contributed by atoms with Crippen molar-refractivity contribution in [1.29, 1.82) is 0 Å². The number of halogens is 1. The molecule has 1 heterocycles. The fourth-order valence-corrected chi connectivity index (χ4v) is 2.05. The third-order valence-electron chi connectivity index (χ3n) is 3.38. The van der Waals surface area contributed by atoms with Crippen LogP contribution in [0.2, 0.25) is 0 Å². The molecule has 2 nitrogen and oxygen atoms in total. The van der Waals surface area contributed by atoms with Crippen molar-refractivity contribution in [3.8, 4) is 0 Å². The van der Waals surface area contributed by atoms with E-state index in [-0.39, 0.29) is 5.41 Å². The van der Waals surface area contributed by atoms with Gasteiger partial charge in [0.05, 0.1) is 5.69 Å². The summed E-state index contributed by atoms with van der Waals surface area (Å²) in [7, 11) is 2.00. The average molecular weight is 229 g/mol. The maximum absolute atomic E-state index is 6.08. The normalized spacial score (nSPS) is 15.7. The van der Waals surface area contributed by atoms with E-state index in [0.29, 0.717) is 11.8 Å². The highest BCUT2D eigenvalue weighted by molar-refractivity contribution is 6.18. The molecular weight excluding hydrogens is 208 g/mol. The molecule has 0 aliphatic carbocycles. The minimum Gasteiger partial charge on any atom is -0.272 e. The van der Waals surface area contributed by atoms with E-state index in [2.05, 4.69) is 31.9 Å². The highest BCUT2D eigenvalue weighted by atomic mass is 35.5. The van der Waals surface area contributed by atoms with Crippen molar-refractivity contribution in [2.24, 2.45) is 18.4 Å². The van der Waals surface area contributed by atoms with Crippen LogP contribution in [0.1, 0.15) is 32.2 Å². The van der Waals surface area contributed by atoms with E-state index in [4.69, 9.17) is 11.6 Å². The van der Waals surface area contributed by atoms with E-state index in [1.54, 1.807) is 0 Å². The number of aromatic nitrogens is 2. The van der Waals surface area contributed by atoms with Crippen molar-refractivity contribution in [3.63, 3.8) is 0 Å². The second kappa shape index (κ2) is 4.56. The van der Waals surface area contributed by atoms with Gasteiger partial charge < -0.3 is 0 Å². The van der Waals surface area contributed by atoms with Gasteiger partial charge in [-0.05, 0) is 30.7 Å². The molecule has 0 aliphatic rings. The zero-order valence-corrected chi connectivity index (χ0v) is 11.1. The monoisotopic (exact) mass is 228 g/mol. The van der Waals surface area contributed by atoms with Gasteiger partial charge in [0.25, 0.3) is 0 Å². The summed E-state index contributed by atoms with van der Waals surface area (Å²) < 4.78 is 1.96. The van der Waals surface area contributed by atoms with Gasteiger partial charge in [0.2, 0.25) is 0 Å². The first-order valence-electron chi connectivity index (χ1n) is 5.44. The van der Waals surface area contributed by atoms with Crippen molar-refractivity contribution in [1.82, 2.24) is 9.78 Å². The van der Waals surface area contributed by atoms with E-state index >= 15 is 0 Å². The zero-order valence-electron chi connectivity index (χ0n) is 10.3. The van der Waals surface area contributed by atoms with E-state index in [1.165, 1.54) is 5.69 Å². The van der Waals surface area contributed by atoms with Gasteiger partial charge in [0.15, 0.2) is 0 Å². The van der Waals surface area contributed by atoms with Crippen LogP contribution in [0.15, 0.2) is 6.07 Å². The summed E-state index contributed by atoms with van der Waals surface area (Å²) in [5.74, 6) is 1.26. The molecule has 1 aromatic heterocycles. The maximum Gasteiger partial charge on any atom is 0.0596 e. The largest absolute Gasteiger partial charge is 0.272 e. The van der Waals surface area contributed by atoms with Gasteiger partial charge in [-0.2, -0.15) is 5.10 Å². The van der Waals surface area contributed by atoms with E-state index in [0.717, 1.165) is 12.1 Å². The Morgan fingerprint density at radius 2 is 2.13 bits per heavy atom. The van der Waals surface area contributed by atoms with Crippen molar-refractivity contribution in [2.75, 3.05) is 5.88 Å². The SMILES string of the molecule is Cc1cc(CC(C)(CCl)C(C)C)n(C)n1. The fraction of sp³-hybridized carbons (Fsp3) is 0.750. The van der Waals surface area contributed by atoms with Crippen LogP contribution in [0.25, 0.3) is 0 Å². The van der Waals surface area contributed by atoms with Crippen LogP contribution in [-0.2, 0) is 13.5 Å². The Morgan fingerprint density at radius 1 is 1.53 bits per heavy atom. The first-order chi connectivity index (χ1) is 6.89. The standard InChI is InChI=1S/C12H21ClN2/c1-9(2)12(4,8-13)7-11-6-10(3)14-15(11)5/h6,9H,7-8H2,1-5H3. The topological polar surface area (TPSA) is 17.8 Å². The Labute approximate surface area is 97.6 Å². The highest BCUT2D eigenvalue weighted by Crippen LogP contribution is 2.32. The molecule has 0 fully saturated rings. The predicted octanol–water partition coefficient (Wildman–Crippen LogP) is 3.17. The second-order valence-electron chi connectivity index (χ2n) is 5.02. The Balaban J connectivity index is 2.88. The zero-order chi connectivity index (χ0) is 11.6. The van der Waals surface area contributed by atoms with Crippen molar-refractivity contribution < 1.29 is 0 Å². The highest BCUT2D eigenvalue weighted by Gasteiger charge is 2.28. The first-order valence-corrected chi connectivity index (χ1v) is 5.98. The molecule has 0 saturated carbocycles. The molecule has 0 bridgehead atoms. The second-order valence-corrected chi connectivity index (χ2v) is 5.29. The van der Waals surface area contributed by atoms with Crippen LogP contribution in [0, 0.1) is 18.3 Å². The minimum absolute atomic E-state index is 0.155. The average Bonchev–Trinajstić information content (AvgIpc) is 2.44. The minimum atomic E-state index is 0.155. The summed E-state index contributed by atoms with van der Waals surface area (Å²) in [5.41, 5.74) is 2.50. The summed E-state index contributed by atoms with van der Waals surface area (Å²) in [4.78, 5) is 0. The van der Waals surface area contributed by atoms with Gasteiger partial charge in [-0.1, -0.05) is 20.8 Å². The Kier molecular flexibility index (Phi) is 3.82. The van der Waals surface area contributed by atoms with Crippen LogP contribution in [0.3, 0.4) is 0 Å². The lowest BCUT2D eigenvalue weighted by atomic mass is 9.77. The molecule has 0 saturated heterocycles. The molecule has 0 radical (unpaired) electrons. The molecule has 3 heteroatoms. The molecule has 1 aromatic rings. The molecule has 1 rings (SSSR count). The van der Waals surface area contributed by atoms with Gasteiger partial charge in [-0.25, -0.2) is 0 Å². The Morgan fingerprint density at radius 3 is 2.47 bits per heavy atom. The van der Waals surface area contributed by atoms with Crippen LogP contribution in [0.4, 0.5) is 0 Å². The predicted molar refractivity (Wildman–Crippen MR) is 65.3 cm³/mol. The third kappa shape index (κ3) is 2.75. The lowest BCUT2D eigenvalue weighted by Gasteiger charge is -2.31. The molecule has 15 heavy (non-hydrogen) atoms. The molecule has 1 atom stereocenters. The van der Waals surface area contributed by atoms with E-state index < -0.39 is 0 Å². The summed E-state index contributed by atoms with van der Waals surface area (Å²) >= 11 is 6.08. The number of hydrogen-bond donors (Lipinski definition) is 0. The third-order valence-corrected chi connectivity index (χ3v) is 3.99. The van der Waals surface area contributed by atoms with Crippen LogP contribution >= 0.6 is 11.6 Å². The van der Waals surface area contributed by atoms with Gasteiger partial charge in [-0.3, -0.25) is 4.68 Å². The van der Waals surface area contributed by atoms with Crippen molar-refractivity contribution in [2.45, 2.75) is 34.1 Å². The van der Waals surface area contributed by atoms with Crippen molar-refractivity contribution >= 4 is 11.6 Å². The summed E-state index contributed by atoms with van der Waals surface area (Å²) in [6, 6.07) is 2.15. The first kappa shape index (κ1) is 12.6. The van der Waals surface area contributed by atoms with Crippen LogP contribution in [0.5, 0.6) is 0 Å². The number of nitrogens with zero attached hydrogens (tertiary/aromatic N) is 2. The molecule has 0 spiro atoms. The molecule has 86 valence electrons. The molecule has 0 N–H and O–H groups in total. The smallest absolute Gasteiger partial charge is 0.0596 e. The van der Waals surface area contributed by atoms with Gasteiger partial charge >= 0.3 is 0 Å². The number of hydrogen-bond acceptors (Lipinski definition) is 1. The number of alkyl halides is 1. The van der Waals surface area contributed by atoms with E-state index in [1.807, 2.05) is 18.7 Å². The Bertz CT molecular complexity index is 330. The maximum atomic E-state index is 6.08. The lowest BCUT2D eigenvalue weighted by Crippen LogP contribution is -2.29. The summed E-state index contributed by atoms with van der Waals surface area (Å²) in [6.07, 6.45) is 0.992. The quantitative estimate of drug-likeness (QED) is 0.724. The molecule has 0 aliphatic heterocycles. The molecule has 0 aromatic carbocycles. The van der Waals surface area contributed by atoms with Crippen molar-refractivity contribution in [3.05, 3.63) is 17.5 Å². The van der Waals surface area contributed by atoms with Gasteiger partial charge in [0, 0.05) is 18.6 Å². The lowest BCUT2D eigenvalue weighted by molar-refractivity contribution is 0.248. The summed E-state index contributed by atoms with van der Waals surface area (Å²) in [5, 5.41) is 4.36. The number of aryl methyl sites for hydroxylation is 2. The molecule has 0 amide bonds. The number of rotatable bonds is 4. The van der Waals surface area contributed by atoms with E-state index in [9.17, 15) is 0 Å². The molecule has 1 unspecified atom stereocenters. The summed E-state index contributed by atoms with van der Waals surface area (Å²) in [6.45, 7) is 8.72. The molecular formula is C12H21ClN2. The van der Waals surface area contributed by atoms with Gasteiger partial charge in [0.1, 0.15) is 0 Å². The fourth-order valence-electron chi connectivity index (χ4n) is 1.65. The van der Waals surface area contributed by atoms with Crippen LogP contribution in [-0.4, -0.2) is 15.7 Å². The van der Waals surface area contributed by atoms with Crippen LogP contribution < -0.4 is 0 Å². The Hall–Kier alpha value is -0.500. The van der Waals surface area contributed by atoms with Gasteiger partial charge in [-0.15, -0.1) is 11.6 Å².